The maximum Gasteiger partial charge on any atom is 0.573 e. The van der Waals surface area contributed by atoms with Gasteiger partial charge in [0.25, 0.3) is 0 Å². The second-order valence-electron chi connectivity index (χ2n) is 3.91. The van der Waals surface area contributed by atoms with E-state index < -0.39 is 18.9 Å². The Kier molecular flexibility index (Phi) is 3.89. The van der Waals surface area contributed by atoms with Crippen LogP contribution < -0.4 is 4.74 Å². The topological polar surface area (TPSA) is 42.4 Å². The van der Waals surface area contributed by atoms with Crippen molar-refractivity contribution in [3.05, 3.63) is 48.0 Å². The monoisotopic (exact) mass is 287 g/mol. The third-order valence-corrected chi connectivity index (χ3v) is 2.48. The van der Waals surface area contributed by atoms with Crippen LogP contribution in [0.1, 0.15) is 5.56 Å². The van der Waals surface area contributed by atoms with Crippen LogP contribution >= 0.6 is 0 Å². The number of hydrogen-bond acceptors (Lipinski definition) is 3. The lowest BCUT2D eigenvalue weighted by atomic mass is 10.1. The number of ether oxygens (including phenoxy) is 1. The second-order valence-corrected chi connectivity index (χ2v) is 3.91. The van der Waals surface area contributed by atoms with Crippen molar-refractivity contribution in [3.8, 4) is 16.9 Å². The Balaban J connectivity index is 2.36. The van der Waals surface area contributed by atoms with E-state index in [1.807, 2.05) is 0 Å². The molecule has 20 heavy (non-hydrogen) atoms. The summed E-state index contributed by atoms with van der Waals surface area (Å²) in [5, 5.41) is 8.94. The SMILES string of the molecule is OCc1cc(-c2cccc(OC(F)(F)F)c2)cnc1F. The first-order valence-corrected chi connectivity index (χ1v) is 5.50. The van der Waals surface area contributed by atoms with E-state index in [1.165, 1.54) is 24.4 Å². The van der Waals surface area contributed by atoms with Crippen molar-refractivity contribution in [2.45, 2.75) is 13.0 Å². The van der Waals surface area contributed by atoms with Gasteiger partial charge in [-0.15, -0.1) is 13.2 Å². The quantitative estimate of drug-likeness (QED) is 0.696. The highest BCUT2D eigenvalue weighted by molar-refractivity contribution is 5.64. The molecule has 0 bridgehead atoms. The molecule has 0 atom stereocenters. The van der Waals surface area contributed by atoms with Gasteiger partial charge in [-0.05, 0) is 23.8 Å². The minimum Gasteiger partial charge on any atom is -0.406 e. The zero-order valence-electron chi connectivity index (χ0n) is 9.99. The molecule has 106 valence electrons. The maximum atomic E-state index is 13.1. The summed E-state index contributed by atoms with van der Waals surface area (Å²) in [6.45, 7) is -0.550. The highest BCUT2D eigenvalue weighted by Crippen LogP contribution is 2.28. The number of aliphatic hydroxyl groups excluding tert-OH is 1. The first-order chi connectivity index (χ1) is 9.39. The van der Waals surface area contributed by atoms with Gasteiger partial charge in [0.1, 0.15) is 5.75 Å². The molecule has 3 nitrogen and oxygen atoms in total. The van der Waals surface area contributed by atoms with Crippen molar-refractivity contribution in [2.75, 3.05) is 0 Å². The minimum absolute atomic E-state index is 0.0374. The molecule has 0 amide bonds. The van der Waals surface area contributed by atoms with E-state index in [2.05, 4.69) is 9.72 Å². The summed E-state index contributed by atoms with van der Waals surface area (Å²) in [6, 6.07) is 6.52. The predicted octanol–water partition coefficient (Wildman–Crippen LogP) is 3.28. The third-order valence-electron chi connectivity index (χ3n) is 2.48. The normalized spacial score (nSPS) is 11.4. The molecule has 0 fully saturated rings. The number of benzene rings is 1. The molecule has 2 aromatic rings. The number of rotatable bonds is 3. The molecule has 1 aromatic carbocycles. The molecule has 0 unspecified atom stereocenters. The fourth-order valence-corrected chi connectivity index (χ4v) is 1.64. The molecule has 0 aliphatic carbocycles. The molecule has 0 radical (unpaired) electrons. The van der Waals surface area contributed by atoms with E-state index in [1.54, 1.807) is 0 Å². The number of alkyl halides is 3. The Morgan fingerprint density at radius 2 is 1.90 bits per heavy atom. The van der Waals surface area contributed by atoms with Gasteiger partial charge in [0.15, 0.2) is 0 Å². The number of pyridine rings is 1. The zero-order valence-corrected chi connectivity index (χ0v) is 9.99. The van der Waals surface area contributed by atoms with Crippen LogP contribution in [0.25, 0.3) is 11.1 Å². The van der Waals surface area contributed by atoms with E-state index >= 15 is 0 Å². The van der Waals surface area contributed by atoms with Gasteiger partial charge < -0.3 is 9.84 Å². The molecule has 0 saturated carbocycles. The number of aromatic nitrogens is 1. The second kappa shape index (κ2) is 5.46. The van der Waals surface area contributed by atoms with Gasteiger partial charge in [0, 0.05) is 17.3 Å². The van der Waals surface area contributed by atoms with E-state index in [4.69, 9.17) is 5.11 Å². The van der Waals surface area contributed by atoms with Gasteiger partial charge >= 0.3 is 6.36 Å². The average Bonchev–Trinajstić information content (AvgIpc) is 2.37. The molecule has 1 aromatic heterocycles. The number of halogens is 4. The van der Waals surface area contributed by atoms with Crippen LogP contribution in [-0.2, 0) is 6.61 Å². The molecule has 0 aliphatic rings. The van der Waals surface area contributed by atoms with Gasteiger partial charge in [-0.3, -0.25) is 0 Å². The van der Waals surface area contributed by atoms with Crippen molar-refractivity contribution in [3.63, 3.8) is 0 Å². The van der Waals surface area contributed by atoms with Crippen LogP contribution in [0.15, 0.2) is 36.5 Å². The van der Waals surface area contributed by atoms with Crippen molar-refractivity contribution in [1.82, 2.24) is 4.98 Å². The van der Waals surface area contributed by atoms with Gasteiger partial charge in [0.2, 0.25) is 5.95 Å². The van der Waals surface area contributed by atoms with Crippen LogP contribution in [0.5, 0.6) is 5.75 Å². The Labute approximate surface area is 111 Å². The van der Waals surface area contributed by atoms with Gasteiger partial charge in [-0.25, -0.2) is 4.98 Å². The minimum atomic E-state index is -4.78. The van der Waals surface area contributed by atoms with Crippen LogP contribution in [0.2, 0.25) is 0 Å². The Morgan fingerprint density at radius 3 is 2.55 bits per heavy atom. The summed E-state index contributed by atoms with van der Waals surface area (Å²) >= 11 is 0. The summed E-state index contributed by atoms with van der Waals surface area (Å²) in [5.74, 6) is -1.20. The lowest BCUT2D eigenvalue weighted by molar-refractivity contribution is -0.274. The number of nitrogens with zero attached hydrogens (tertiary/aromatic N) is 1. The van der Waals surface area contributed by atoms with E-state index in [0.717, 1.165) is 12.1 Å². The molecule has 2 rings (SSSR count). The molecule has 7 heteroatoms. The summed E-state index contributed by atoms with van der Waals surface area (Å²) < 4.78 is 53.3. The van der Waals surface area contributed by atoms with Crippen LogP contribution in [0.4, 0.5) is 17.6 Å². The van der Waals surface area contributed by atoms with Gasteiger partial charge in [0.05, 0.1) is 6.61 Å². The fraction of sp³-hybridized carbons (Fsp3) is 0.154. The van der Waals surface area contributed by atoms with Crippen molar-refractivity contribution in [1.29, 1.82) is 0 Å². The Hall–Kier alpha value is -2.15. The Morgan fingerprint density at radius 1 is 1.15 bits per heavy atom. The molecule has 1 N–H and O–H groups in total. The standard InChI is InChI=1S/C13H9F4NO2/c14-12-10(7-19)4-9(6-18-12)8-2-1-3-11(5-8)20-13(15,16)17/h1-6,19H,7H2. The fourth-order valence-electron chi connectivity index (χ4n) is 1.64. The molecule has 0 aliphatic heterocycles. The van der Waals surface area contributed by atoms with Gasteiger partial charge in [-0.2, -0.15) is 4.39 Å². The Bertz CT molecular complexity index is 614. The molecule has 0 spiro atoms. The molecular formula is C13H9F4NO2. The van der Waals surface area contributed by atoms with Crippen molar-refractivity contribution in [2.24, 2.45) is 0 Å². The number of hydrogen-bond donors (Lipinski definition) is 1. The highest BCUT2D eigenvalue weighted by Gasteiger charge is 2.31. The lowest BCUT2D eigenvalue weighted by Crippen LogP contribution is -2.17. The van der Waals surface area contributed by atoms with E-state index in [-0.39, 0.29) is 11.3 Å². The molecular weight excluding hydrogens is 278 g/mol. The highest BCUT2D eigenvalue weighted by atomic mass is 19.4. The summed E-state index contributed by atoms with van der Waals surface area (Å²) in [4.78, 5) is 3.44. The first-order valence-electron chi connectivity index (χ1n) is 5.50. The first kappa shape index (κ1) is 14.3. The zero-order chi connectivity index (χ0) is 14.8. The van der Waals surface area contributed by atoms with E-state index in [0.29, 0.717) is 11.1 Å². The van der Waals surface area contributed by atoms with Crippen LogP contribution in [0, 0.1) is 5.95 Å². The molecule has 1 heterocycles. The van der Waals surface area contributed by atoms with E-state index in [9.17, 15) is 17.6 Å². The summed E-state index contributed by atoms with van der Waals surface area (Å²) in [7, 11) is 0. The lowest BCUT2D eigenvalue weighted by Gasteiger charge is -2.10. The van der Waals surface area contributed by atoms with Crippen LogP contribution in [-0.4, -0.2) is 16.5 Å². The van der Waals surface area contributed by atoms with Crippen molar-refractivity contribution < 1.29 is 27.4 Å². The van der Waals surface area contributed by atoms with Gasteiger partial charge in [-0.1, -0.05) is 12.1 Å². The smallest absolute Gasteiger partial charge is 0.406 e. The molecule has 0 saturated heterocycles. The van der Waals surface area contributed by atoms with Crippen LogP contribution in [0.3, 0.4) is 0 Å². The average molecular weight is 287 g/mol. The number of aliphatic hydroxyl groups is 1. The maximum absolute atomic E-state index is 13.1. The largest absolute Gasteiger partial charge is 0.573 e. The van der Waals surface area contributed by atoms with Crippen molar-refractivity contribution >= 4 is 0 Å². The predicted molar refractivity (Wildman–Crippen MR) is 62.2 cm³/mol. The summed E-state index contributed by atoms with van der Waals surface area (Å²) in [5.41, 5.74) is 0.710. The third kappa shape index (κ3) is 3.45. The summed E-state index contributed by atoms with van der Waals surface area (Å²) in [6.07, 6.45) is -3.61.